The van der Waals surface area contributed by atoms with Gasteiger partial charge in [0.05, 0.1) is 6.42 Å². The molecule has 0 radical (unpaired) electrons. The Morgan fingerprint density at radius 2 is 1.90 bits per heavy atom. The smallest absolute Gasteiger partial charge is 0.330 e. The minimum absolute atomic E-state index is 0.0522. The topological polar surface area (TPSA) is 84.0 Å². The molecule has 2 heterocycles. The van der Waals surface area contributed by atoms with Crippen LogP contribution in [0.25, 0.3) is 0 Å². The summed E-state index contributed by atoms with van der Waals surface area (Å²) in [6.45, 7) is 5.59. The summed E-state index contributed by atoms with van der Waals surface area (Å²) in [5.74, 6) is -2.03. The number of allylic oxidation sites excluding steroid dienone is 1. The molecule has 0 atom stereocenters. The average molecular weight is 278 g/mol. The first-order valence-electron chi connectivity index (χ1n) is 6.16. The summed E-state index contributed by atoms with van der Waals surface area (Å²) in [4.78, 5) is 51.8. The molecule has 7 nitrogen and oxygen atoms in total. The molecule has 20 heavy (non-hydrogen) atoms. The molecule has 2 aliphatic heterocycles. The third-order valence-electron chi connectivity index (χ3n) is 3.13. The lowest BCUT2D eigenvalue weighted by Crippen LogP contribution is -2.34. The van der Waals surface area contributed by atoms with Crippen molar-refractivity contribution in [2.45, 2.75) is 26.2 Å². The largest absolute Gasteiger partial charge is 0.335 e. The summed E-state index contributed by atoms with van der Waals surface area (Å²) in [7, 11) is 0. The van der Waals surface area contributed by atoms with Gasteiger partial charge in [0, 0.05) is 31.2 Å². The number of carbonyl (C=O) groups excluding carboxylic acids is 4. The summed E-state index contributed by atoms with van der Waals surface area (Å²) in [5.41, 5.74) is 1.28. The summed E-state index contributed by atoms with van der Waals surface area (Å²) in [6, 6.07) is 0. The molecule has 0 aromatic rings. The minimum Gasteiger partial charge on any atom is -0.330 e. The molecule has 0 N–H and O–H groups in total. The highest BCUT2D eigenvalue weighted by atomic mass is 16.7. The number of hydroxylamine groups is 2. The third-order valence-corrected chi connectivity index (χ3v) is 3.13. The van der Waals surface area contributed by atoms with Crippen LogP contribution in [0.2, 0.25) is 0 Å². The van der Waals surface area contributed by atoms with E-state index < -0.39 is 17.8 Å². The lowest BCUT2D eigenvalue weighted by molar-refractivity contribution is -0.197. The molecule has 2 rings (SSSR count). The van der Waals surface area contributed by atoms with Crippen molar-refractivity contribution in [3.8, 4) is 0 Å². The maximum atomic E-state index is 11.6. The minimum atomic E-state index is -0.737. The predicted octanol–water partition coefficient (Wildman–Crippen LogP) is 0.286. The van der Waals surface area contributed by atoms with Crippen molar-refractivity contribution < 1.29 is 24.0 Å². The van der Waals surface area contributed by atoms with Crippen molar-refractivity contribution in [2.24, 2.45) is 0 Å². The second-order valence-corrected chi connectivity index (χ2v) is 4.56. The highest BCUT2D eigenvalue weighted by molar-refractivity contribution is 6.01. The SMILES string of the molecule is C=C1C(C)=CC(=O)N1CCC(=O)ON1C(=O)CCC1=O. The Hall–Kier alpha value is -2.44. The molecule has 0 saturated carbocycles. The summed E-state index contributed by atoms with van der Waals surface area (Å²) >= 11 is 0. The van der Waals surface area contributed by atoms with Gasteiger partial charge in [-0.3, -0.25) is 14.4 Å². The fourth-order valence-electron chi connectivity index (χ4n) is 1.95. The van der Waals surface area contributed by atoms with E-state index in [2.05, 4.69) is 6.58 Å². The van der Waals surface area contributed by atoms with Gasteiger partial charge < -0.3 is 9.74 Å². The first-order chi connectivity index (χ1) is 9.40. The van der Waals surface area contributed by atoms with Gasteiger partial charge in [0.25, 0.3) is 17.7 Å². The molecule has 0 bridgehead atoms. The van der Waals surface area contributed by atoms with Crippen LogP contribution in [0, 0.1) is 0 Å². The molecule has 106 valence electrons. The molecule has 1 fully saturated rings. The molecule has 1 saturated heterocycles. The normalized spacial score (nSPS) is 18.9. The highest BCUT2D eigenvalue weighted by Crippen LogP contribution is 2.21. The van der Waals surface area contributed by atoms with Crippen LogP contribution in [-0.2, 0) is 24.0 Å². The van der Waals surface area contributed by atoms with Crippen LogP contribution in [0.5, 0.6) is 0 Å². The van der Waals surface area contributed by atoms with E-state index in [1.807, 2.05) is 0 Å². The molecule has 0 aromatic heterocycles. The Kier molecular flexibility index (Phi) is 3.69. The van der Waals surface area contributed by atoms with Crippen LogP contribution in [0.15, 0.2) is 23.9 Å². The van der Waals surface area contributed by atoms with Gasteiger partial charge in [-0.2, -0.15) is 0 Å². The monoisotopic (exact) mass is 278 g/mol. The van der Waals surface area contributed by atoms with Gasteiger partial charge in [0.1, 0.15) is 0 Å². The number of carbonyl (C=O) groups is 4. The lowest BCUT2D eigenvalue weighted by atomic mass is 10.2. The van der Waals surface area contributed by atoms with E-state index in [0.717, 1.165) is 5.57 Å². The van der Waals surface area contributed by atoms with E-state index in [-0.39, 0.29) is 31.7 Å². The second-order valence-electron chi connectivity index (χ2n) is 4.56. The van der Waals surface area contributed by atoms with Crippen LogP contribution in [-0.4, -0.2) is 40.2 Å². The van der Waals surface area contributed by atoms with Crippen molar-refractivity contribution in [3.05, 3.63) is 23.9 Å². The maximum Gasteiger partial charge on any atom is 0.335 e. The molecule has 7 heteroatoms. The van der Waals surface area contributed by atoms with Crippen LogP contribution < -0.4 is 0 Å². The maximum absolute atomic E-state index is 11.6. The highest BCUT2D eigenvalue weighted by Gasteiger charge is 2.33. The van der Waals surface area contributed by atoms with Crippen LogP contribution in [0.4, 0.5) is 0 Å². The van der Waals surface area contributed by atoms with E-state index in [9.17, 15) is 19.2 Å². The first-order valence-corrected chi connectivity index (χ1v) is 6.16. The van der Waals surface area contributed by atoms with Crippen LogP contribution >= 0.6 is 0 Å². The zero-order valence-electron chi connectivity index (χ0n) is 11.0. The van der Waals surface area contributed by atoms with Gasteiger partial charge in [0.15, 0.2) is 0 Å². The molecule has 2 aliphatic rings. The number of hydrogen-bond acceptors (Lipinski definition) is 5. The Bertz CT molecular complexity index is 533. The fourth-order valence-corrected chi connectivity index (χ4v) is 1.95. The Morgan fingerprint density at radius 3 is 2.40 bits per heavy atom. The van der Waals surface area contributed by atoms with Crippen molar-refractivity contribution in [1.29, 1.82) is 0 Å². The van der Waals surface area contributed by atoms with Crippen molar-refractivity contribution >= 4 is 23.7 Å². The van der Waals surface area contributed by atoms with Crippen LogP contribution in [0.1, 0.15) is 26.2 Å². The Labute approximate surface area is 115 Å². The molecule has 3 amide bonds. The number of amides is 3. The summed E-state index contributed by atoms with van der Waals surface area (Å²) in [5, 5.41) is 0.493. The summed E-state index contributed by atoms with van der Waals surface area (Å²) in [6.07, 6.45) is 1.41. The average Bonchev–Trinajstić information content (AvgIpc) is 2.82. The van der Waals surface area contributed by atoms with E-state index in [4.69, 9.17) is 4.84 Å². The quantitative estimate of drug-likeness (QED) is 0.690. The molecule has 0 aromatic carbocycles. The van der Waals surface area contributed by atoms with Gasteiger partial charge in [-0.25, -0.2) is 4.79 Å². The molecule has 0 unspecified atom stereocenters. The van der Waals surface area contributed by atoms with Gasteiger partial charge in [-0.15, -0.1) is 5.06 Å². The van der Waals surface area contributed by atoms with E-state index in [1.54, 1.807) is 6.92 Å². The first kappa shape index (κ1) is 14.0. The van der Waals surface area contributed by atoms with Crippen molar-refractivity contribution in [3.63, 3.8) is 0 Å². The Morgan fingerprint density at radius 1 is 1.30 bits per heavy atom. The van der Waals surface area contributed by atoms with Gasteiger partial charge in [-0.05, 0) is 12.5 Å². The standard InChI is InChI=1S/C13H14N2O5/c1-8-7-12(18)14(9(8)2)6-5-13(19)20-15-10(16)3-4-11(15)17/h7H,2-6H2,1H3. The van der Waals surface area contributed by atoms with Crippen LogP contribution in [0.3, 0.4) is 0 Å². The van der Waals surface area contributed by atoms with Gasteiger partial charge >= 0.3 is 5.97 Å². The lowest BCUT2D eigenvalue weighted by Gasteiger charge is -2.18. The molecular weight excluding hydrogens is 264 g/mol. The van der Waals surface area contributed by atoms with E-state index >= 15 is 0 Å². The van der Waals surface area contributed by atoms with Crippen molar-refractivity contribution in [2.75, 3.05) is 6.54 Å². The number of imide groups is 1. The fraction of sp³-hybridized carbons (Fsp3) is 0.385. The van der Waals surface area contributed by atoms with E-state index in [1.165, 1.54) is 11.0 Å². The predicted molar refractivity (Wildman–Crippen MR) is 66.4 cm³/mol. The number of nitrogens with zero attached hydrogens (tertiary/aromatic N) is 2. The zero-order chi connectivity index (χ0) is 14.9. The zero-order valence-corrected chi connectivity index (χ0v) is 11.0. The molecule has 0 aliphatic carbocycles. The van der Waals surface area contributed by atoms with Crippen molar-refractivity contribution in [1.82, 2.24) is 9.96 Å². The number of hydrogen-bond donors (Lipinski definition) is 0. The Balaban J connectivity index is 1.84. The van der Waals surface area contributed by atoms with Gasteiger partial charge in [-0.1, -0.05) is 6.58 Å². The molecular formula is C13H14N2O5. The summed E-state index contributed by atoms with van der Waals surface area (Å²) < 4.78 is 0. The number of rotatable bonds is 4. The molecule has 0 spiro atoms. The van der Waals surface area contributed by atoms with Gasteiger partial charge in [0.2, 0.25) is 0 Å². The third kappa shape index (κ3) is 2.61. The van der Waals surface area contributed by atoms with E-state index in [0.29, 0.717) is 10.8 Å². The second kappa shape index (κ2) is 5.28.